The summed E-state index contributed by atoms with van der Waals surface area (Å²) in [4.78, 5) is 2.54. The van der Waals surface area contributed by atoms with Crippen molar-refractivity contribution < 1.29 is 9.47 Å². The number of aryl methyl sites for hydroxylation is 2. The third-order valence-corrected chi connectivity index (χ3v) is 7.35. The van der Waals surface area contributed by atoms with Crippen LogP contribution in [-0.2, 0) is 5.41 Å². The maximum Gasteiger partial charge on any atom is 0.142 e. The molecule has 2 fully saturated rings. The first kappa shape index (κ1) is 21.2. The Kier molecular flexibility index (Phi) is 6.11. The van der Waals surface area contributed by atoms with Gasteiger partial charge in [-0.1, -0.05) is 24.6 Å². The summed E-state index contributed by atoms with van der Waals surface area (Å²) in [5, 5.41) is 0. The summed E-state index contributed by atoms with van der Waals surface area (Å²) in [5.41, 5.74) is 4.36. The Labute approximate surface area is 182 Å². The number of rotatable bonds is 6. The Morgan fingerprint density at radius 1 is 1.07 bits per heavy atom. The van der Waals surface area contributed by atoms with Gasteiger partial charge in [0, 0.05) is 18.0 Å². The predicted octanol–water partition coefficient (Wildman–Crippen LogP) is 6.26. The summed E-state index contributed by atoms with van der Waals surface area (Å²) in [5.74, 6) is 2.68. The third kappa shape index (κ3) is 4.23. The molecular formula is C27H37NO2. The van der Waals surface area contributed by atoms with E-state index in [-0.39, 0.29) is 11.5 Å². The Bertz CT molecular complexity index is 877. The summed E-state index contributed by atoms with van der Waals surface area (Å²) in [6.45, 7) is 12.6. The molecule has 1 saturated carbocycles. The molecule has 162 valence electrons. The fraction of sp³-hybridized carbons (Fsp3) is 0.556. The van der Waals surface area contributed by atoms with Crippen molar-refractivity contribution in [3.8, 4) is 11.5 Å². The average molecular weight is 408 g/mol. The predicted molar refractivity (Wildman–Crippen MR) is 123 cm³/mol. The van der Waals surface area contributed by atoms with Crippen LogP contribution in [0.4, 0.5) is 0 Å². The van der Waals surface area contributed by atoms with Gasteiger partial charge in [-0.3, -0.25) is 4.90 Å². The monoisotopic (exact) mass is 407 g/mol. The van der Waals surface area contributed by atoms with Gasteiger partial charge >= 0.3 is 0 Å². The normalized spacial score (nSPS) is 26.6. The van der Waals surface area contributed by atoms with Crippen molar-refractivity contribution >= 4 is 0 Å². The first-order valence-corrected chi connectivity index (χ1v) is 11.6. The number of piperidine rings is 1. The number of hydrogen-bond donors (Lipinski definition) is 0. The van der Waals surface area contributed by atoms with E-state index in [1.165, 1.54) is 42.4 Å². The van der Waals surface area contributed by atoms with Crippen molar-refractivity contribution in [2.24, 2.45) is 5.92 Å². The van der Waals surface area contributed by atoms with Crippen LogP contribution in [0.3, 0.4) is 0 Å². The lowest BCUT2D eigenvalue weighted by Gasteiger charge is -2.48. The van der Waals surface area contributed by atoms with Gasteiger partial charge in [0.15, 0.2) is 0 Å². The van der Waals surface area contributed by atoms with Crippen molar-refractivity contribution in [2.45, 2.75) is 77.9 Å². The molecule has 0 radical (unpaired) electrons. The number of benzene rings is 2. The van der Waals surface area contributed by atoms with Crippen LogP contribution in [0.5, 0.6) is 11.5 Å². The minimum atomic E-state index is 0.209. The second kappa shape index (κ2) is 8.63. The quantitative estimate of drug-likeness (QED) is 0.564. The summed E-state index contributed by atoms with van der Waals surface area (Å²) < 4.78 is 12.2. The second-order valence-corrected chi connectivity index (χ2v) is 9.78. The molecule has 3 unspecified atom stereocenters. The molecule has 0 amide bonds. The molecule has 1 saturated heterocycles. The zero-order valence-electron chi connectivity index (χ0n) is 19.3. The van der Waals surface area contributed by atoms with Crippen LogP contribution in [0.2, 0.25) is 0 Å². The molecule has 0 aromatic heterocycles. The fourth-order valence-corrected chi connectivity index (χ4v) is 5.59. The summed E-state index contributed by atoms with van der Waals surface area (Å²) in [7, 11) is 0. The third-order valence-electron chi connectivity index (χ3n) is 7.35. The molecule has 30 heavy (non-hydrogen) atoms. The minimum Gasteiger partial charge on any atom is -0.491 e. The average Bonchev–Trinajstić information content (AvgIpc) is 3.12. The summed E-state index contributed by atoms with van der Waals surface area (Å²) >= 11 is 0. The van der Waals surface area contributed by atoms with Crippen molar-refractivity contribution in [2.75, 3.05) is 13.3 Å². The van der Waals surface area contributed by atoms with Crippen LogP contribution in [0.15, 0.2) is 42.5 Å². The van der Waals surface area contributed by atoms with E-state index in [4.69, 9.17) is 9.47 Å². The highest BCUT2D eigenvalue weighted by molar-refractivity contribution is 5.37. The zero-order valence-corrected chi connectivity index (χ0v) is 19.3. The van der Waals surface area contributed by atoms with Gasteiger partial charge in [0.25, 0.3) is 0 Å². The molecule has 1 aliphatic heterocycles. The van der Waals surface area contributed by atoms with E-state index in [1.54, 1.807) is 0 Å². The van der Waals surface area contributed by atoms with Gasteiger partial charge < -0.3 is 9.47 Å². The standard InChI is InChI=1S/C27H37NO2/c1-19(2)30-26-10-6-8-23(15-26)27-13-7-9-24(27)17-28(22(5)16-27)18-29-25-12-11-20(3)21(4)14-25/h6,8,10-12,14-15,19,22,24H,7,9,13,16-18H2,1-5H3. The highest BCUT2D eigenvalue weighted by Gasteiger charge is 2.49. The largest absolute Gasteiger partial charge is 0.491 e. The Morgan fingerprint density at radius 3 is 2.67 bits per heavy atom. The minimum absolute atomic E-state index is 0.209. The molecule has 0 N–H and O–H groups in total. The SMILES string of the molecule is Cc1ccc(OCN2CC3CCCC3(c3cccc(OC(C)C)c3)CC2C)cc1C. The number of fused-ring (bicyclic) bond motifs is 1. The summed E-state index contributed by atoms with van der Waals surface area (Å²) in [6.07, 6.45) is 5.32. The Balaban J connectivity index is 1.48. The van der Waals surface area contributed by atoms with Crippen LogP contribution in [0, 0.1) is 19.8 Å². The number of hydrogen-bond acceptors (Lipinski definition) is 3. The number of likely N-dealkylation sites (tertiary alicyclic amines) is 1. The van der Waals surface area contributed by atoms with Gasteiger partial charge in [0.05, 0.1) is 6.10 Å². The first-order valence-electron chi connectivity index (χ1n) is 11.6. The molecule has 2 aliphatic rings. The van der Waals surface area contributed by atoms with E-state index >= 15 is 0 Å². The van der Waals surface area contributed by atoms with E-state index in [1.807, 2.05) is 0 Å². The van der Waals surface area contributed by atoms with Gasteiger partial charge in [-0.15, -0.1) is 0 Å². The van der Waals surface area contributed by atoms with E-state index in [2.05, 4.69) is 82.0 Å². The highest BCUT2D eigenvalue weighted by Crippen LogP contribution is 2.52. The lowest BCUT2D eigenvalue weighted by molar-refractivity contribution is 0.00993. The van der Waals surface area contributed by atoms with Gasteiger partial charge in [0.2, 0.25) is 0 Å². The fourth-order valence-electron chi connectivity index (χ4n) is 5.59. The van der Waals surface area contributed by atoms with Crippen molar-refractivity contribution in [1.29, 1.82) is 0 Å². The van der Waals surface area contributed by atoms with Gasteiger partial charge in [-0.25, -0.2) is 0 Å². The smallest absolute Gasteiger partial charge is 0.142 e. The van der Waals surface area contributed by atoms with Gasteiger partial charge in [-0.2, -0.15) is 0 Å². The van der Waals surface area contributed by atoms with Crippen molar-refractivity contribution in [1.82, 2.24) is 4.90 Å². The maximum atomic E-state index is 6.21. The summed E-state index contributed by atoms with van der Waals surface area (Å²) in [6, 6.07) is 15.8. The molecule has 3 heteroatoms. The molecule has 1 aliphatic carbocycles. The van der Waals surface area contributed by atoms with Gasteiger partial charge in [-0.05, 0) is 101 Å². The van der Waals surface area contributed by atoms with Gasteiger partial charge in [0.1, 0.15) is 18.2 Å². The maximum absolute atomic E-state index is 6.21. The number of ether oxygens (including phenoxy) is 2. The van der Waals surface area contributed by atoms with E-state index < -0.39 is 0 Å². The van der Waals surface area contributed by atoms with Crippen LogP contribution in [0.25, 0.3) is 0 Å². The molecule has 0 bridgehead atoms. The topological polar surface area (TPSA) is 21.7 Å². The highest BCUT2D eigenvalue weighted by atomic mass is 16.5. The molecule has 2 aromatic carbocycles. The molecule has 0 spiro atoms. The van der Waals surface area contributed by atoms with Crippen molar-refractivity contribution in [3.63, 3.8) is 0 Å². The number of nitrogens with zero attached hydrogens (tertiary/aromatic N) is 1. The zero-order chi connectivity index (χ0) is 21.3. The molecule has 4 rings (SSSR count). The molecule has 2 aromatic rings. The van der Waals surface area contributed by atoms with Crippen LogP contribution in [-0.4, -0.2) is 30.3 Å². The van der Waals surface area contributed by atoms with Crippen LogP contribution < -0.4 is 9.47 Å². The van der Waals surface area contributed by atoms with Crippen LogP contribution in [0.1, 0.15) is 63.1 Å². The van der Waals surface area contributed by atoms with E-state index in [0.717, 1.165) is 18.0 Å². The lowest BCUT2D eigenvalue weighted by Crippen LogP contribution is -2.52. The molecule has 3 atom stereocenters. The second-order valence-electron chi connectivity index (χ2n) is 9.78. The molecular weight excluding hydrogens is 370 g/mol. The van der Waals surface area contributed by atoms with E-state index in [9.17, 15) is 0 Å². The first-order chi connectivity index (χ1) is 14.4. The molecule has 3 nitrogen and oxygen atoms in total. The lowest BCUT2D eigenvalue weighted by atomic mass is 9.66. The Morgan fingerprint density at radius 2 is 1.90 bits per heavy atom. The Hall–Kier alpha value is -2.00. The van der Waals surface area contributed by atoms with E-state index in [0.29, 0.717) is 18.7 Å². The van der Waals surface area contributed by atoms with Crippen molar-refractivity contribution in [3.05, 3.63) is 59.2 Å². The van der Waals surface area contributed by atoms with Crippen LogP contribution >= 0.6 is 0 Å². The molecule has 1 heterocycles.